The first-order valence-electron chi connectivity index (χ1n) is 8.40. The molecule has 0 saturated carbocycles. The van der Waals surface area contributed by atoms with Crippen molar-refractivity contribution < 1.29 is 9.28 Å². The molecular weight excluding hydrogens is 248 g/mol. The van der Waals surface area contributed by atoms with Gasteiger partial charge in [0.2, 0.25) is 5.91 Å². The lowest BCUT2D eigenvalue weighted by molar-refractivity contribution is -0.922. The summed E-state index contributed by atoms with van der Waals surface area (Å²) in [6, 6.07) is 0. The standard InChI is InChI=1S/C17H34N2O/c1-5-9-10-11-12-13-14-17(20)18-15-16-19(6-2,7-3)8-4/h9-10H,5-8,11-16H2,1-4H3/p+1/b10-9+. The fourth-order valence-corrected chi connectivity index (χ4v) is 2.50. The number of nitrogens with one attached hydrogen (secondary N) is 1. The highest BCUT2D eigenvalue weighted by atomic mass is 16.1. The lowest BCUT2D eigenvalue weighted by Crippen LogP contribution is -2.51. The van der Waals surface area contributed by atoms with Crippen LogP contribution in [0.15, 0.2) is 12.2 Å². The van der Waals surface area contributed by atoms with E-state index in [1.807, 2.05) is 0 Å². The van der Waals surface area contributed by atoms with Crippen LogP contribution in [-0.4, -0.2) is 43.1 Å². The number of nitrogens with zero attached hydrogens (tertiary/aromatic N) is 1. The molecule has 0 heterocycles. The molecule has 0 aromatic carbocycles. The van der Waals surface area contributed by atoms with Crippen LogP contribution >= 0.6 is 0 Å². The van der Waals surface area contributed by atoms with Crippen LogP contribution in [0.25, 0.3) is 0 Å². The van der Waals surface area contributed by atoms with E-state index in [9.17, 15) is 4.79 Å². The van der Waals surface area contributed by atoms with E-state index in [2.05, 4.69) is 45.2 Å². The molecule has 0 aromatic heterocycles. The number of quaternary nitrogens is 1. The maximum atomic E-state index is 11.7. The molecule has 0 unspecified atom stereocenters. The van der Waals surface area contributed by atoms with Gasteiger partial charge in [0.25, 0.3) is 0 Å². The predicted molar refractivity (Wildman–Crippen MR) is 87.7 cm³/mol. The number of likely N-dealkylation sites (N-methyl/N-ethyl adjacent to an activating group) is 1. The average molecular weight is 283 g/mol. The summed E-state index contributed by atoms with van der Waals surface area (Å²) in [7, 11) is 0. The number of amides is 1. The molecule has 0 atom stereocenters. The predicted octanol–water partition coefficient (Wildman–Crippen LogP) is 3.51. The van der Waals surface area contributed by atoms with Crippen LogP contribution in [0.5, 0.6) is 0 Å². The monoisotopic (exact) mass is 283 g/mol. The molecule has 0 aliphatic carbocycles. The van der Waals surface area contributed by atoms with Crippen LogP contribution in [0, 0.1) is 0 Å². The average Bonchev–Trinajstić information content (AvgIpc) is 2.48. The number of rotatable bonds is 12. The molecule has 118 valence electrons. The quantitative estimate of drug-likeness (QED) is 0.331. The first kappa shape index (κ1) is 19.2. The smallest absolute Gasteiger partial charge is 0.220 e. The maximum Gasteiger partial charge on any atom is 0.220 e. The van der Waals surface area contributed by atoms with Gasteiger partial charge in [-0.1, -0.05) is 19.1 Å². The van der Waals surface area contributed by atoms with E-state index in [1.165, 1.54) is 0 Å². The van der Waals surface area contributed by atoms with Gasteiger partial charge in [0.1, 0.15) is 0 Å². The third kappa shape index (κ3) is 8.36. The SMILES string of the molecule is CC/C=C/CCCCC(=O)NCC[N+](CC)(CC)CC. The number of unbranched alkanes of at least 4 members (excludes halogenated alkanes) is 2. The zero-order valence-corrected chi connectivity index (χ0v) is 14.1. The van der Waals surface area contributed by atoms with Crippen LogP contribution < -0.4 is 5.32 Å². The van der Waals surface area contributed by atoms with Gasteiger partial charge >= 0.3 is 0 Å². The minimum absolute atomic E-state index is 0.214. The highest BCUT2D eigenvalue weighted by molar-refractivity contribution is 5.75. The van der Waals surface area contributed by atoms with Gasteiger partial charge < -0.3 is 9.80 Å². The van der Waals surface area contributed by atoms with Gasteiger partial charge in [-0.2, -0.15) is 0 Å². The van der Waals surface area contributed by atoms with Gasteiger partial charge in [0, 0.05) is 6.42 Å². The van der Waals surface area contributed by atoms with E-state index in [1.54, 1.807) is 0 Å². The minimum atomic E-state index is 0.214. The molecule has 0 aliphatic heterocycles. The molecule has 0 bridgehead atoms. The molecule has 0 fully saturated rings. The van der Waals surface area contributed by atoms with Crippen molar-refractivity contribution in [3.8, 4) is 0 Å². The summed E-state index contributed by atoms with van der Waals surface area (Å²) in [6.07, 6.45) is 9.39. The molecule has 0 saturated heterocycles. The Morgan fingerprint density at radius 2 is 1.65 bits per heavy atom. The van der Waals surface area contributed by atoms with Crippen molar-refractivity contribution in [1.29, 1.82) is 0 Å². The summed E-state index contributed by atoms with van der Waals surface area (Å²) in [5.41, 5.74) is 0. The first-order chi connectivity index (χ1) is 9.64. The third-order valence-electron chi connectivity index (χ3n) is 4.35. The molecule has 1 amide bonds. The molecule has 3 nitrogen and oxygen atoms in total. The van der Waals surface area contributed by atoms with Crippen LogP contribution in [0.3, 0.4) is 0 Å². The number of carbonyl (C=O) groups excluding carboxylic acids is 1. The molecule has 0 spiro atoms. The Morgan fingerprint density at radius 1 is 1.00 bits per heavy atom. The number of hydrogen-bond acceptors (Lipinski definition) is 1. The van der Waals surface area contributed by atoms with E-state index in [0.717, 1.165) is 62.9 Å². The van der Waals surface area contributed by atoms with Gasteiger partial charge in [-0.15, -0.1) is 0 Å². The molecule has 0 rings (SSSR count). The Hall–Kier alpha value is -0.830. The van der Waals surface area contributed by atoms with Crippen molar-refractivity contribution in [3.05, 3.63) is 12.2 Å². The Bertz CT molecular complexity index is 262. The zero-order chi connectivity index (χ0) is 15.3. The molecule has 0 aliphatic rings. The summed E-state index contributed by atoms with van der Waals surface area (Å²) in [5, 5.41) is 3.07. The second kappa shape index (κ2) is 12.0. The highest BCUT2D eigenvalue weighted by Crippen LogP contribution is 2.05. The van der Waals surface area contributed by atoms with E-state index in [0.29, 0.717) is 6.42 Å². The lowest BCUT2D eigenvalue weighted by atomic mass is 10.1. The van der Waals surface area contributed by atoms with Crippen molar-refractivity contribution in [1.82, 2.24) is 5.32 Å². The zero-order valence-electron chi connectivity index (χ0n) is 14.1. The van der Waals surface area contributed by atoms with Gasteiger partial charge in [0.15, 0.2) is 0 Å². The Kier molecular flexibility index (Phi) is 11.5. The van der Waals surface area contributed by atoms with Crippen LogP contribution in [0.4, 0.5) is 0 Å². The van der Waals surface area contributed by atoms with E-state index < -0.39 is 0 Å². The largest absolute Gasteiger partial charge is 0.350 e. The van der Waals surface area contributed by atoms with Crippen molar-refractivity contribution in [2.24, 2.45) is 0 Å². The second-order valence-electron chi connectivity index (χ2n) is 5.49. The van der Waals surface area contributed by atoms with Crippen molar-refractivity contribution in [2.45, 2.75) is 59.8 Å². The van der Waals surface area contributed by atoms with E-state index in [4.69, 9.17) is 0 Å². The van der Waals surface area contributed by atoms with Gasteiger partial charge in [-0.05, 0) is 46.5 Å². The minimum Gasteiger partial charge on any atom is -0.350 e. The topological polar surface area (TPSA) is 29.1 Å². The molecular formula is C17H35N2O+. The third-order valence-corrected chi connectivity index (χ3v) is 4.35. The fraction of sp³-hybridized carbons (Fsp3) is 0.824. The Balaban J connectivity index is 3.70. The Morgan fingerprint density at radius 3 is 2.20 bits per heavy atom. The lowest BCUT2D eigenvalue weighted by Gasteiger charge is -2.35. The van der Waals surface area contributed by atoms with Gasteiger partial charge in [-0.25, -0.2) is 0 Å². The normalized spacial score (nSPS) is 12.0. The maximum absolute atomic E-state index is 11.7. The van der Waals surface area contributed by atoms with Crippen LogP contribution in [0.2, 0.25) is 0 Å². The van der Waals surface area contributed by atoms with Crippen molar-refractivity contribution in [2.75, 3.05) is 32.7 Å². The molecule has 0 radical (unpaired) electrons. The summed E-state index contributed by atoms with van der Waals surface area (Å²) < 4.78 is 1.10. The van der Waals surface area contributed by atoms with Gasteiger partial charge in [-0.3, -0.25) is 4.79 Å². The van der Waals surface area contributed by atoms with E-state index >= 15 is 0 Å². The van der Waals surface area contributed by atoms with Crippen molar-refractivity contribution in [3.63, 3.8) is 0 Å². The van der Waals surface area contributed by atoms with Crippen molar-refractivity contribution >= 4 is 5.91 Å². The number of allylic oxidation sites excluding steroid dienone is 2. The molecule has 0 aromatic rings. The summed E-state index contributed by atoms with van der Waals surface area (Å²) in [4.78, 5) is 11.7. The number of hydrogen-bond donors (Lipinski definition) is 1. The Labute approximate surface area is 126 Å². The fourth-order valence-electron chi connectivity index (χ4n) is 2.50. The molecule has 1 N–H and O–H groups in total. The molecule has 3 heteroatoms. The summed E-state index contributed by atoms with van der Waals surface area (Å²) in [5.74, 6) is 0.214. The van der Waals surface area contributed by atoms with Gasteiger partial charge in [0.05, 0.1) is 32.7 Å². The highest BCUT2D eigenvalue weighted by Gasteiger charge is 2.19. The van der Waals surface area contributed by atoms with Crippen LogP contribution in [0.1, 0.15) is 59.8 Å². The number of carbonyl (C=O) groups is 1. The second-order valence-corrected chi connectivity index (χ2v) is 5.49. The summed E-state index contributed by atoms with van der Waals surface area (Å²) in [6.45, 7) is 14.1. The molecule has 20 heavy (non-hydrogen) atoms. The first-order valence-corrected chi connectivity index (χ1v) is 8.40. The van der Waals surface area contributed by atoms with Crippen LogP contribution in [-0.2, 0) is 4.79 Å². The summed E-state index contributed by atoms with van der Waals surface area (Å²) >= 11 is 0. The van der Waals surface area contributed by atoms with E-state index in [-0.39, 0.29) is 5.91 Å².